The number of fused-ring (bicyclic) bond motifs is 1. The maximum Gasteiger partial charge on any atom is 0.319 e. The van der Waals surface area contributed by atoms with Crippen LogP contribution in [0.25, 0.3) is 0 Å². The number of pyridine rings is 2. The molecule has 0 spiro atoms. The van der Waals surface area contributed by atoms with E-state index in [1.807, 2.05) is 18.2 Å². The van der Waals surface area contributed by atoms with Crippen molar-refractivity contribution in [2.75, 3.05) is 23.7 Å². The van der Waals surface area contributed by atoms with Crippen LogP contribution >= 0.6 is 0 Å². The lowest BCUT2D eigenvalue weighted by Crippen LogP contribution is -2.31. The maximum absolute atomic E-state index is 12.1. The van der Waals surface area contributed by atoms with Gasteiger partial charge in [-0.15, -0.1) is 0 Å². The highest BCUT2D eigenvalue weighted by molar-refractivity contribution is 5.89. The average Bonchev–Trinajstić information content (AvgIpc) is 2.63. The van der Waals surface area contributed by atoms with Crippen LogP contribution in [0.3, 0.4) is 0 Å². The van der Waals surface area contributed by atoms with Gasteiger partial charge in [-0.3, -0.25) is 4.98 Å². The first-order valence-corrected chi connectivity index (χ1v) is 8.97. The van der Waals surface area contributed by atoms with E-state index in [4.69, 9.17) is 0 Å². The van der Waals surface area contributed by atoms with Gasteiger partial charge in [0.1, 0.15) is 5.82 Å². The van der Waals surface area contributed by atoms with E-state index in [1.54, 1.807) is 6.20 Å². The van der Waals surface area contributed by atoms with Gasteiger partial charge >= 0.3 is 6.03 Å². The number of nitrogens with zero attached hydrogens (tertiary/aromatic N) is 2. The fraction of sp³-hybridized carbons (Fsp3) is 0.421. The summed E-state index contributed by atoms with van der Waals surface area (Å²) in [6, 6.07) is 7.69. The molecule has 1 aliphatic heterocycles. The number of carbonyl (C=O) groups is 1. The van der Waals surface area contributed by atoms with Crippen LogP contribution in [0, 0.1) is 0 Å². The second kappa shape index (κ2) is 8.46. The highest BCUT2D eigenvalue weighted by atomic mass is 16.2. The zero-order valence-electron chi connectivity index (χ0n) is 14.6. The van der Waals surface area contributed by atoms with Crippen LogP contribution in [0.2, 0.25) is 0 Å². The zero-order chi connectivity index (χ0) is 17.5. The Morgan fingerprint density at radius 1 is 1.28 bits per heavy atom. The average molecular weight is 339 g/mol. The van der Waals surface area contributed by atoms with Crippen molar-refractivity contribution in [3.8, 4) is 0 Å². The largest absolute Gasteiger partial charge is 0.370 e. The molecule has 3 heterocycles. The Kier molecular flexibility index (Phi) is 5.82. The fourth-order valence-corrected chi connectivity index (χ4v) is 2.97. The number of aromatic nitrogens is 2. The van der Waals surface area contributed by atoms with Crippen molar-refractivity contribution >= 4 is 17.5 Å². The SMILES string of the molecule is CCCc1ncccc1NC(=O)NCCc1ccc2c(n1)NCCC2. The van der Waals surface area contributed by atoms with Gasteiger partial charge in [0.05, 0.1) is 11.4 Å². The number of anilines is 2. The van der Waals surface area contributed by atoms with Crippen molar-refractivity contribution in [2.24, 2.45) is 0 Å². The topological polar surface area (TPSA) is 78.9 Å². The lowest BCUT2D eigenvalue weighted by Gasteiger charge is -2.17. The molecule has 0 aliphatic carbocycles. The molecule has 0 aromatic carbocycles. The summed E-state index contributed by atoms with van der Waals surface area (Å²) in [6.07, 6.45) is 6.54. The molecule has 6 heteroatoms. The van der Waals surface area contributed by atoms with Gasteiger partial charge in [0.2, 0.25) is 0 Å². The fourth-order valence-electron chi connectivity index (χ4n) is 2.97. The van der Waals surface area contributed by atoms with Crippen LogP contribution in [0.5, 0.6) is 0 Å². The van der Waals surface area contributed by atoms with E-state index in [0.29, 0.717) is 13.0 Å². The number of aryl methyl sites for hydroxylation is 2. The quantitative estimate of drug-likeness (QED) is 0.755. The predicted molar refractivity (Wildman–Crippen MR) is 100 cm³/mol. The molecule has 25 heavy (non-hydrogen) atoms. The first-order chi connectivity index (χ1) is 12.3. The van der Waals surface area contributed by atoms with Crippen molar-refractivity contribution < 1.29 is 4.79 Å². The van der Waals surface area contributed by atoms with E-state index in [1.165, 1.54) is 5.56 Å². The van der Waals surface area contributed by atoms with Crippen molar-refractivity contribution in [3.05, 3.63) is 47.4 Å². The summed E-state index contributed by atoms with van der Waals surface area (Å²) in [6.45, 7) is 3.62. The van der Waals surface area contributed by atoms with Crippen molar-refractivity contribution in [2.45, 2.75) is 39.0 Å². The van der Waals surface area contributed by atoms with E-state index in [-0.39, 0.29) is 6.03 Å². The summed E-state index contributed by atoms with van der Waals surface area (Å²) in [5, 5.41) is 9.11. The van der Waals surface area contributed by atoms with Crippen LogP contribution in [-0.2, 0) is 19.3 Å². The molecule has 1 aliphatic rings. The van der Waals surface area contributed by atoms with E-state index in [2.05, 4.69) is 38.9 Å². The molecule has 3 rings (SSSR count). The summed E-state index contributed by atoms with van der Waals surface area (Å²) >= 11 is 0. The minimum atomic E-state index is -0.207. The lowest BCUT2D eigenvalue weighted by molar-refractivity contribution is 0.252. The minimum Gasteiger partial charge on any atom is -0.370 e. The molecule has 0 saturated carbocycles. The normalized spacial score (nSPS) is 12.8. The van der Waals surface area contributed by atoms with Crippen LogP contribution in [0.1, 0.15) is 36.7 Å². The third-order valence-electron chi connectivity index (χ3n) is 4.24. The number of rotatable bonds is 6. The zero-order valence-corrected chi connectivity index (χ0v) is 14.6. The summed E-state index contributed by atoms with van der Waals surface area (Å²) in [7, 11) is 0. The Bertz CT molecular complexity index is 732. The molecule has 0 saturated heterocycles. The van der Waals surface area contributed by atoms with Crippen LogP contribution in [0.15, 0.2) is 30.5 Å². The summed E-state index contributed by atoms with van der Waals surface area (Å²) in [5.41, 5.74) is 3.96. The minimum absolute atomic E-state index is 0.207. The first kappa shape index (κ1) is 17.2. The van der Waals surface area contributed by atoms with Crippen molar-refractivity contribution in [1.82, 2.24) is 15.3 Å². The Morgan fingerprint density at radius 2 is 2.20 bits per heavy atom. The Balaban J connectivity index is 1.50. The predicted octanol–water partition coefficient (Wildman–Crippen LogP) is 3.15. The monoisotopic (exact) mass is 339 g/mol. The number of nitrogens with one attached hydrogen (secondary N) is 3. The van der Waals surface area contributed by atoms with Gasteiger partial charge in [0, 0.05) is 31.4 Å². The van der Waals surface area contributed by atoms with E-state index in [9.17, 15) is 4.79 Å². The van der Waals surface area contributed by atoms with Gasteiger partial charge in [-0.05, 0) is 43.0 Å². The van der Waals surface area contributed by atoms with Gasteiger partial charge in [0.25, 0.3) is 0 Å². The number of amides is 2. The molecule has 2 amide bonds. The van der Waals surface area contributed by atoms with Gasteiger partial charge in [-0.2, -0.15) is 0 Å². The molecular formula is C19H25N5O. The molecule has 0 unspecified atom stereocenters. The summed E-state index contributed by atoms with van der Waals surface area (Å²) < 4.78 is 0. The van der Waals surface area contributed by atoms with E-state index >= 15 is 0 Å². The highest BCUT2D eigenvalue weighted by Gasteiger charge is 2.11. The standard InChI is InChI=1S/C19H25N5O/c1-2-5-16-17(7-4-11-20-16)24-19(25)22-13-10-15-9-8-14-6-3-12-21-18(14)23-15/h4,7-9,11H,2-3,5-6,10,12-13H2,1H3,(H,21,23)(H2,22,24,25). The number of carbonyl (C=O) groups excluding carboxylic acids is 1. The van der Waals surface area contributed by atoms with E-state index < -0.39 is 0 Å². The second-order valence-electron chi connectivity index (χ2n) is 6.22. The number of urea groups is 1. The van der Waals surface area contributed by atoms with Crippen LogP contribution < -0.4 is 16.0 Å². The Labute approximate surface area is 148 Å². The third kappa shape index (κ3) is 4.68. The molecule has 2 aromatic rings. The van der Waals surface area contributed by atoms with Gasteiger partial charge in [-0.25, -0.2) is 9.78 Å². The second-order valence-corrected chi connectivity index (χ2v) is 6.22. The molecule has 0 atom stereocenters. The van der Waals surface area contributed by atoms with Gasteiger partial charge in [0.15, 0.2) is 0 Å². The maximum atomic E-state index is 12.1. The van der Waals surface area contributed by atoms with Crippen LogP contribution in [-0.4, -0.2) is 29.1 Å². The van der Waals surface area contributed by atoms with E-state index in [0.717, 1.165) is 55.1 Å². The highest BCUT2D eigenvalue weighted by Crippen LogP contribution is 2.19. The summed E-state index contributed by atoms with van der Waals surface area (Å²) in [5.74, 6) is 0.993. The smallest absolute Gasteiger partial charge is 0.319 e. The first-order valence-electron chi connectivity index (χ1n) is 8.97. The number of hydrogen-bond acceptors (Lipinski definition) is 4. The lowest BCUT2D eigenvalue weighted by atomic mass is 10.1. The van der Waals surface area contributed by atoms with Gasteiger partial charge < -0.3 is 16.0 Å². The van der Waals surface area contributed by atoms with Crippen molar-refractivity contribution in [3.63, 3.8) is 0 Å². The van der Waals surface area contributed by atoms with Gasteiger partial charge in [-0.1, -0.05) is 19.4 Å². The Hall–Kier alpha value is -2.63. The molecule has 0 fully saturated rings. The number of hydrogen-bond donors (Lipinski definition) is 3. The molecule has 3 N–H and O–H groups in total. The Morgan fingerprint density at radius 3 is 3.08 bits per heavy atom. The third-order valence-corrected chi connectivity index (χ3v) is 4.24. The summed E-state index contributed by atoms with van der Waals surface area (Å²) in [4.78, 5) is 21.1. The molecular weight excluding hydrogens is 314 g/mol. The molecule has 2 aromatic heterocycles. The van der Waals surface area contributed by atoms with Crippen molar-refractivity contribution in [1.29, 1.82) is 0 Å². The van der Waals surface area contributed by atoms with Crippen LogP contribution in [0.4, 0.5) is 16.3 Å². The molecule has 6 nitrogen and oxygen atoms in total. The molecule has 0 bridgehead atoms. The molecule has 0 radical (unpaired) electrons. The molecule has 132 valence electrons.